The van der Waals surface area contributed by atoms with Crippen molar-refractivity contribution < 1.29 is 27.1 Å². The molecule has 0 heterocycles. The molecule has 4 nitrogen and oxygen atoms in total. The summed E-state index contributed by atoms with van der Waals surface area (Å²) >= 11 is 6.20. The summed E-state index contributed by atoms with van der Waals surface area (Å²) in [6.07, 6.45) is -3.32. The van der Waals surface area contributed by atoms with Crippen molar-refractivity contribution in [2.45, 2.75) is 12.8 Å². The van der Waals surface area contributed by atoms with E-state index in [-0.39, 0.29) is 22.9 Å². The zero-order chi connectivity index (χ0) is 24.0. The Bertz CT molecular complexity index is 1250. The lowest BCUT2D eigenvalue weighted by Crippen LogP contribution is -2.14. The minimum absolute atomic E-state index is 0.0789. The molecule has 0 saturated carbocycles. The Morgan fingerprint density at radius 3 is 2.52 bits per heavy atom. The Labute approximate surface area is 191 Å². The summed E-state index contributed by atoms with van der Waals surface area (Å²) in [6, 6.07) is 16.2. The minimum atomic E-state index is -4.57. The van der Waals surface area contributed by atoms with Crippen LogP contribution in [0.15, 0.2) is 72.3 Å². The van der Waals surface area contributed by atoms with Gasteiger partial charge in [-0.05, 0) is 59.7 Å². The summed E-state index contributed by atoms with van der Waals surface area (Å²) < 4.78 is 57.4. The molecule has 3 rings (SSSR count). The molecule has 0 aliphatic rings. The van der Waals surface area contributed by atoms with Crippen LogP contribution in [-0.4, -0.2) is 5.91 Å². The van der Waals surface area contributed by atoms with Crippen LogP contribution in [0.4, 0.5) is 23.2 Å². The van der Waals surface area contributed by atoms with Crippen molar-refractivity contribution in [3.05, 3.63) is 99.8 Å². The zero-order valence-corrected chi connectivity index (χ0v) is 17.5. The van der Waals surface area contributed by atoms with Crippen LogP contribution in [0.2, 0.25) is 5.02 Å². The first-order valence-corrected chi connectivity index (χ1v) is 9.81. The van der Waals surface area contributed by atoms with Crippen molar-refractivity contribution in [3.63, 3.8) is 0 Å². The monoisotopic (exact) mass is 474 g/mol. The molecule has 3 aromatic carbocycles. The molecule has 33 heavy (non-hydrogen) atoms. The van der Waals surface area contributed by atoms with Crippen molar-refractivity contribution in [3.8, 4) is 11.8 Å². The molecule has 0 radical (unpaired) electrons. The summed E-state index contributed by atoms with van der Waals surface area (Å²) in [4.78, 5) is 12.4. The number of nitrogens with one attached hydrogen (secondary N) is 1. The maximum atomic E-state index is 13.3. The second kappa shape index (κ2) is 10.2. The lowest BCUT2D eigenvalue weighted by atomic mass is 10.1. The standard InChI is InChI=1S/C24H15ClF4N2O2/c25-21-11-15(7-8-22(21)33-14-16-3-1-5-19(26)10-16)9-17(13-30)23(32)31-20-6-2-4-18(12-20)24(27,28)29/h1-12H,14H2,(H,31,32)/b17-9+. The first-order valence-electron chi connectivity index (χ1n) is 9.43. The van der Waals surface area contributed by atoms with E-state index in [0.717, 1.165) is 18.2 Å². The van der Waals surface area contributed by atoms with E-state index in [4.69, 9.17) is 16.3 Å². The molecule has 1 amide bonds. The molecular weight excluding hydrogens is 460 g/mol. The Balaban J connectivity index is 1.72. The highest BCUT2D eigenvalue weighted by Crippen LogP contribution is 2.31. The molecule has 0 aliphatic heterocycles. The van der Waals surface area contributed by atoms with Crippen LogP contribution in [0.3, 0.4) is 0 Å². The molecule has 0 saturated heterocycles. The summed E-state index contributed by atoms with van der Waals surface area (Å²) in [5, 5.41) is 11.8. The Kier molecular flexibility index (Phi) is 7.36. The van der Waals surface area contributed by atoms with Gasteiger partial charge in [0, 0.05) is 5.69 Å². The van der Waals surface area contributed by atoms with E-state index in [1.165, 1.54) is 36.4 Å². The number of amides is 1. The van der Waals surface area contributed by atoms with Gasteiger partial charge >= 0.3 is 6.18 Å². The number of halogens is 5. The van der Waals surface area contributed by atoms with E-state index < -0.39 is 23.5 Å². The van der Waals surface area contributed by atoms with Gasteiger partial charge in [-0.3, -0.25) is 4.79 Å². The largest absolute Gasteiger partial charge is 0.487 e. The molecule has 0 spiro atoms. The number of anilines is 1. The van der Waals surface area contributed by atoms with Crippen molar-refractivity contribution in [2.75, 3.05) is 5.32 Å². The Morgan fingerprint density at radius 1 is 1.09 bits per heavy atom. The van der Waals surface area contributed by atoms with Crippen molar-refractivity contribution in [2.24, 2.45) is 0 Å². The molecule has 0 bridgehead atoms. The van der Waals surface area contributed by atoms with Crippen LogP contribution in [0.5, 0.6) is 5.75 Å². The second-order valence-corrected chi connectivity index (χ2v) is 7.22. The lowest BCUT2D eigenvalue weighted by molar-refractivity contribution is -0.137. The maximum absolute atomic E-state index is 13.3. The summed E-state index contributed by atoms with van der Waals surface area (Å²) in [5.41, 5.74) is -0.364. The number of hydrogen-bond donors (Lipinski definition) is 1. The Hall–Kier alpha value is -3.83. The van der Waals surface area contributed by atoms with E-state index in [1.54, 1.807) is 24.3 Å². The van der Waals surface area contributed by atoms with E-state index in [1.807, 2.05) is 0 Å². The third-order valence-corrected chi connectivity index (χ3v) is 4.66. The molecule has 0 atom stereocenters. The fraction of sp³-hybridized carbons (Fsp3) is 0.0833. The molecular formula is C24H15ClF4N2O2. The van der Waals surface area contributed by atoms with Crippen molar-refractivity contribution in [1.29, 1.82) is 5.26 Å². The van der Waals surface area contributed by atoms with Crippen molar-refractivity contribution >= 4 is 29.3 Å². The highest BCUT2D eigenvalue weighted by molar-refractivity contribution is 6.32. The fourth-order valence-corrected chi connectivity index (χ4v) is 3.04. The minimum Gasteiger partial charge on any atom is -0.487 e. The average molecular weight is 475 g/mol. The second-order valence-electron chi connectivity index (χ2n) is 6.81. The van der Waals surface area contributed by atoms with Gasteiger partial charge in [0.25, 0.3) is 5.91 Å². The van der Waals surface area contributed by atoms with Gasteiger partial charge in [-0.25, -0.2) is 4.39 Å². The third-order valence-electron chi connectivity index (χ3n) is 4.36. The summed E-state index contributed by atoms with van der Waals surface area (Å²) in [6.45, 7) is 0.0789. The smallest absolute Gasteiger partial charge is 0.416 e. The van der Waals surface area contributed by atoms with Gasteiger partial charge in [-0.1, -0.05) is 35.9 Å². The average Bonchev–Trinajstić information content (AvgIpc) is 2.76. The van der Waals surface area contributed by atoms with Crippen LogP contribution in [0.25, 0.3) is 6.08 Å². The van der Waals surface area contributed by atoms with Gasteiger partial charge in [0.15, 0.2) is 0 Å². The van der Waals surface area contributed by atoms with E-state index >= 15 is 0 Å². The number of carbonyl (C=O) groups is 1. The number of benzene rings is 3. The number of rotatable bonds is 6. The molecule has 0 aliphatic carbocycles. The number of carbonyl (C=O) groups excluding carboxylic acids is 1. The molecule has 0 aromatic heterocycles. The number of nitrogens with zero attached hydrogens (tertiary/aromatic N) is 1. The summed E-state index contributed by atoms with van der Waals surface area (Å²) in [7, 11) is 0. The molecule has 0 unspecified atom stereocenters. The normalized spacial score (nSPS) is 11.6. The van der Waals surface area contributed by atoms with Crippen LogP contribution >= 0.6 is 11.6 Å². The first kappa shape index (κ1) is 23.8. The van der Waals surface area contributed by atoms with Gasteiger partial charge in [-0.2, -0.15) is 18.4 Å². The van der Waals surface area contributed by atoms with Gasteiger partial charge < -0.3 is 10.1 Å². The maximum Gasteiger partial charge on any atom is 0.416 e. The predicted molar refractivity (Wildman–Crippen MR) is 116 cm³/mol. The van der Waals surface area contributed by atoms with Gasteiger partial charge in [0.1, 0.15) is 29.8 Å². The van der Waals surface area contributed by atoms with E-state index in [2.05, 4.69) is 5.32 Å². The number of nitriles is 1. The topological polar surface area (TPSA) is 62.1 Å². The highest BCUT2D eigenvalue weighted by Gasteiger charge is 2.30. The van der Waals surface area contributed by atoms with Crippen LogP contribution < -0.4 is 10.1 Å². The molecule has 3 aromatic rings. The fourth-order valence-electron chi connectivity index (χ4n) is 2.80. The predicted octanol–water partition coefficient (Wildman–Crippen LogP) is 6.62. The zero-order valence-electron chi connectivity index (χ0n) is 16.8. The number of hydrogen-bond acceptors (Lipinski definition) is 3. The Morgan fingerprint density at radius 2 is 1.85 bits per heavy atom. The van der Waals surface area contributed by atoms with Crippen LogP contribution in [0.1, 0.15) is 16.7 Å². The number of ether oxygens (including phenoxy) is 1. The molecule has 9 heteroatoms. The molecule has 168 valence electrons. The number of alkyl halides is 3. The van der Waals surface area contributed by atoms with Gasteiger partial charge in [-0.15, -0.1) is 0 Å². The van der Waals surface area contributed by atoms with Crippen LogP contribution in [0, 0.1) is 17.1 Å². The van der Waals surface area contributed by atoms with Crippen molar-refractivity contribution in [1.82, 2.24) is 0 Å². The van der Waals surface area contributed by atoms with Gasteiger partial charge in [0.05, 0.1) is 10.6 Å². The first-order chi connectivity index (χ1) is 15.7. The SMILES string of the molecule is N#C/C(=C\c1ccc(OCc2cccc(F)c2)c(Cl)c1)C(=O)Nc1cccc(C(F)(F)F)c1. The van der Waals surface area contributed by atoms with E-state index in [0.29, 0.717) is 16.9 Å². The third kappa shape index (κ3) is 6.57. The van der Waals surface area contributed by atoms with E-state index in [9.17, 15) is 27.6 Å². The molecule has 0 fully saturated rings. The van der Waals surface area contributed by atoms with Crippen LogP contribution in [-0.2, 0) is 17.6 Å². The van der Waals surface area contributed by atoms with Gasteiger partial charge in [0.2, 0.25) is 0 Å². The lowest BCUT2D eigenvalue weighted by Gasteiger charge is -2.10. The quantitative estimate of drug-likeness (QED) is 0.248. The highest BCUT2D eigenvalue weighted by atomic mass is 35.5. The summed E-state index contributed by atoms with van der Waals surface area (Å²) in [5.74, 6) is -0.959. The molecule has 1 N–H and O–H groups in total.